The summed E-state index contributed by atoms with van der Waals surface area (Å²) in [6, 6.07) is 10.9. The van der Waals surface area contributed by atoms with Gasteiger partial charge < -0.3 is 10.7 Å². The van der Waals surface area contributed by atoms with Crippen LogP contribution in [0.15, 0.2) is 77.6 Å². The van der Waals surface area contributed by atoms with Crippen LogP contribution in [-0.4, -0.2) is 23.5 Å². The van der Waals surface area contributed by atoms with Gasteiger partial charge in [0, 0.05) is 30.3 Å². The summed E-state index contributed by atoms with van der Waals surface area (Å²) in [4.78, 5) is 18.7. The number of halogens is 4. The highest BCUT2D eigenvalue weighted by atomic mass is 32.1. The number of carbonyl (C=O) groups excluding carboxylic acids is 1. The SMILES string of the molecule is CCc1ccnc(C(=O)C2(Cc3cc(F)c(F)c(F)c3)CC(C=N)=C(Nc3ccc(F)cc3)C=C2CCNS)c1. The molecule has 0 saturated heterocycles. The fraction of sp³-hybridized carbons (Fsp3) is 0.233. The number of aryl methyl sites for hydroxylation is 1. The standard InChI is InChI=1S/C30H28F4N4OS/c1-2-18-7-9-36-27(13-18)29(39)30(15-19-11-24(32)28(34)25(33)12-19)16-20(17-35)26(14-21(30)8-10-37-40)38-23-5-3-22(31)4-6-23/h3-7,9,11-14,17,35,37-38,40H,2,8,10,15-16H2,1H3. The molecule has 3 aromatic rings. The monoisotopic (exact) mass is 568 g/mol. The van der Waals surface area contributed by atoms with Crippen molar-refractivity contribution in [3.8, 4) is 0 Å². The highest BCUT2D eigenvalue weighted by Gasteiger charge is 2.45. The van der Waals surface area contributed by atoms with Crippen LogP contribution in [0.25, 0.3) is 0 Å². The summed E-state index contributed by atoms with van der Waals surface area (Å²) in [5.41, 5.74) is 1.86. The second-order valence-corrected chi connectivity index (χ2v) is 9.90. The molecule has 10 heteroatoms. The van der Waals surface area contributed by atoms with Crippen LogP contribution in [0, 0.1) is 34.1 Å². The van der Waals surface area contributed by atoms with Crippen LogP contribution in [0.4, 0.5) is 23.2 Å². The van der Waals surface area contributed by atoms with E-state index in [0.717, 1.165) is 23.9 Å². The predicted molar refractivity (Wildman–Crippen MR) is 151 cm³/mol. The second-order valence-electron chi connectivity index (χ2n) is 9.58. The number of anilines is 1. The molecule has 1 aliphatic carbocycles. The number of hydrogen-bond donors (Lipinski definition) is 4. The highest BCUT2D eigenvalue weighted by molar-refractivity contribution is 7.78. The smallest absolute Gasteiger partial charge is 0.194 e. The molecule has 5 nitrogen and oxygen atoms in total. The van der Waals surface area contributed by atoms with Crippen LogP contribution in [0.3, 0.4) is 0 Å². The Morgan fingerprint density at radius 2 is 1.77 bits per heavy atom. The summed E-state index contributed by atoms with van der Waals surface area (Å²) in [7, 11) is 0. The molecule has 0 amide bonds. The lowest BCUT2D eigenvalue weighted by Crippen LogP contribution is -2.40. The first-order chi connectivity index (χ1) is 19.2. The molecule has 1 aliphatic rings. The van der Waals surface area contributed by atoms with Gasteiger partial charge in [-0.2, -0.15) is 0 Å². The lowest BCUT2D eigenvalue weighted by molar-refractivity contribution is 0.0826. The number of aromatic nitrogens is 1. The summed E-state index contributed by atoms with van der Waals surface area (Å²) in [6.45, 7) is 2.29. The van der Waals surface area contributed by atoms with Crippen molar-refractivity contribution >= 4 is 30.5 Å². The van der Waals surface area contributed by atoms with Crippen molar-refractivity contribution in [2.75, 3.05) is 11.9 Å². The van der Waals surface area contributed by atoms with Crippen LogP contribution < -0.4 is 10.0 Å². The zero-order chi connectivity index (χ0) is 28.9. The number of nitrogens with one attached hydrogen (secondary N) is 3. The molecule has 0 saturated carbocycles. The van der Waals surface area contributed by atoms with Gasteiger partial charge in [0.25, 0.3) is 0 Å². The number of allylic oxidation sites excluding steroid dienone is 2. The van der Waals surface area contributed by atoms with E-state index < -0.39 is 34.5 Å². The molecule has 1 unspecified atom stereocenters. The summed E-state index contributed by atoms with van der Waals surface area (Å²) < 4.78 is 58.6. The Morgan fingerprint density at radius 3 is 2.40 bits per heavy atom. The molecule has 1 atom stereocenters. The molecule has 1 aromatic heterocycles. The van der Waals surface area contributed by atoms with Gasteiger partial charge in [-0.25, -0.2) is 17.6 Å². The van der Waals surface area contributed by atoms with Crippen molar-refractivity contribution in [1.82, 2.24) is 9.71 Å². The van der Waals surface area contributed by atoms with Gasteiger partial charge in [-0.15, -0.1) is 0 Å². The third-order valence-corrected chi connectivity index (χ3v) is 7.25. The van der Waals surface area contributed by atoms with Crippen LogP contribution >= 0.6 is 12.8 Å². The normalized spacial score (nSPS) is 17.0. The number of pyridine rings is 1. The van der Waals surface area contributed by atoms with Crippen molar-refractivity contribution in [2.24, 2.45) is 5.41 Å². The molecule has 0 spiro atoms. The Balaban J connectivity index is 1.89. The van der Waals surface area contributed by atoms with Crippen molar-refractivity contribution in [2.45, 2.75) is 32.6 Å². The molecule has 1 heterocycles. The number of Topliss-reactive ketones (excluding diaryl/α,β-unsaturated/α-hetero) is 1. The Hall–Kier alpha value is -3.76. The number of hydrogen-bond acceptors (Lipinski definition) is 6. The highest BCUT2D eigenvalue weighted by Crippen LogP contribution is 2.46. The fourth-order valence-electron chi connectivity index (χ4n) is 4.98. The average molecular weight is 569 g/mol. The Morgan fingerprint density at radius 1 is 1.07 bits per heavy atom. The van der Waals surface area contributed by atoms with Gasteiger partial charge in [-0.3, -0.25) is 14.5 Å². The third-order valence-electron chi connectivity index (χ3n) is 7.02. The molecule has 4 rings (SSSR count). The van der Waals surface area contributed by atoms with Crippen LogP contribution in [0.2, 0.25) is 0 Å². The summed E-state index contributed by atoms with van der Waals surface area (Å²) >= 11 is 4.10. The minimum Gasteiger partial charge on any atom is -0.355 e. The molecule has 0 aliphatic heterocycles. The van der Waals surface area contributed by atoms with E-state index >= 15 is 0 Å². The summed E-state index contributed by atoms with van der Waals surface area (Å²) in [5.74, 6) is -5.10. The van der Waals surface area contributed by atoms with E-state index in [1.807, 2.05) is 6.92 Å². The van der Waals surface area contributed by atoms with Gasteiger partial charge in [0.2, 0.25) is 0 Å². The first kappa shape index (κ1) is 29.2. The molecule has 3 N–H and O–H groups in total. The maximum absolute atomic E-state index is 14.4. The number of carbonyl (C=O) groups is 1. The zero-order valence-electron chi connectivity index (χ0n) is 21.7. The molecule has 0 fully saturated rings. The van der Waals surface area contributed by atoms with Gasteiger partial charge in [0.15, 0.2) is 23.2 Å². The minimum atomic E-state index is -1.59. The van der Waals surface area contributed by atoms with Gasteiger partial charge in [0.1, 0.15) is 11.5 Å². The van der Waals surface area contributed by atoms with E-state index in [2.05, 4.69) is 27.8 Å². The molecule has 208 valence electrons. The van der Waals surface area contributed by atoms with E-state index in [9.17, 15) is 22.4 Å². The maximum atomic E-state index is 14.4. The fourth-order valence-corrected chi connectivity index (χ4v) is 5.09. The van der Waals surface area contributed by atoms with Crippen molar-refractivity contribution in [1.29, 1.82) is 5.41 Å². The minimum absolute atomic E-state index is 0.00405. The van der Waals surface area contributed by atoms with Crippen LogP contribution in [0.1, 0.15) is 41.4 Å². The summed E-state index contributed by atoms with van der Waals surface area (Å²) in [5, 5.41) is 11.3. The molecule has 2 aromatic carbocycles. The van der Waals surface area contributed by atoms with E-state index in [-0.39, 0.29) is 24.1 Å². The van der Waals surface area contributed by atoms with Gasteiger partial charge in [-0.1, -0.05) is 25.3 Å². The number of thiol groups is 1. The van der Waals surface area contributed by atoms with Crippen LogP contribution in [0.5, 0.6) is 0 Å². The van der Waals surface area contributed by atoms with Crippen LogP contribution in [-0.2, 0) is 12.8 Å². The van der Waals surface area contributed by atoms with Gasteiger partial charge in [0.05, 0.1) is 5.41 Å². The Kier molecular flexibility index (Phi) is 9.21. The van der Waals surface area contributed by atoms with Gasteiger partial charge >= 0.3 is 0 Å². The first-order valence-electron chi connectivity index (χ1n) is 12.7. The third kappa shape index (κ3) is 6.18. The van der Waals surface area contributed by atoms with Crippen molar-refractivity contribution < 1.29 is 22.4 Å². The quantitative estimate of drug-likeness (QED) is 0.0676. The molecule has 0 bridgehead atoms. The van der Waals surface area contributed by atoms with E-state index in [1.54, 1.807) is 30.3 Å². The number of rotatable bonds is 11. The number of benzene rings is 2. The topological polar surface area (TPSA) is 77.9 Å². The Bertz CT molecular complexity index is 1470. The molecular weight excluding hydrogens is 540 g/mol. The number of ketones is 1. The predicted octanol–water partition coefficient (Wildman–Crippen LogP) is 6.78. The molecule has 40 heavy (non-hydrogen) atoms. The molecule has 0 radical (unpaired) electrons. The average Bonchev–Trinajstić information content (AvgIpc) is 2.96. The number of nitrogens with zero attached hydrogens (tertiary/aromatic N) is 1. The van der Waals surface area contributed by atoms with Crippen molar-refractivity contribution in [3.63, 3.8) is 0 Å². The van der Waals surface area contributed by atoms with E-state index in [0.29, 0.717) is 41.9 Å². The van der Waals surface area contributed by atoms with Crippen molar-refractivity contribution in [3.05, 3.63) is 118 Å². The second kappa shape index (κ2) is 12.6. The lowest BCUT2D eigenvalue weighted by atomic mass is 9.63. The van der Waals surface area contributed by atoms with E-state index in [4.69, 9.17) is 5.41 Å². The molecular formula is C30H28F4N4OS. The summed E-state index contributed by atoms with van der Waals surface area (Å²) in [6.07, 6.45) is 5.18. The Labute approximate surface area is 235 Å². The largest absolute Gasteiger partial charge is 0.355 e. The van der Waals surface area contributed by atoms with Gasteiger partial charge in [-0.05, 0) is 97.0 Å². The maximum Gasteiger partial charge on any atom is 0.194 e. The first-order valence-corrected chi connectivity index (χ1v) is 13.1. The van der Waals surface area contributed by atoms with E-state index in [1.165, 1.54) is 18.3 Å². The zero-order valence-corrected chi connectivity index (χ0v) is 22.6. The lowest BCUT2D eigenvalue weighted by Gasteiger charge is -2.39.